The highest BCUT2D eigenvalue weighted by Crippen LogP contribution is 2.15. The molecule has 1 aromatic heterocycles. The molecule has 0 radical (unpaired) electrons. The van der Waals surface area contributed by atoms with Crippen LogP contribution in [-0.4, -0.2) is 0 Å². The van der Waals surface area contributed by atoms with E-state index in [1.807, 2.05) is 17.1 Å². The van der Waals surface area contributed by atoms with Crippen LogP contribution in [0.15, 0.2) is 23.7 Å². The average molecular weight is 168 g/mol. The third-order valence-corrected chi connectivity index (χ3v) is 2.66. The maximum atomic E-state index is 12.7. The van der Waals surface area contributed by atoms with Crippen LogP contribution in [0.4, 0.5) is 4.39 Å². The van der Waals surface area contributed by atoms with Gasteiger partial charge in [-0.2, -0.15) is 4.57 Å². The summed E-state index contributed by atoms with van der Waals surface area (Å²) in [6.07, 6.45) is 0. The Labute approximate surface area is 67.7 Å². The van der Waals surface area contributed by atoms with Gasteiger partial charge in [0.15, 0.2) is 0 Å². The van der Waals surface area contributed by atoms with Crippen LogP contribution >= 0.6 is 11.3 Å². The van der Waals surface area contributed by atoms with Gasteiger partial charge in [0.05, 0.1) is 0 Å². The second kappa shape index (κ2) is 2.27. The molecule has 0 saturated carbocycles. The molecule has 2 aromatic rings. The number of rotatable bonds is 0. The highest BCUT2D eigenvalue weighted by Gasteiger charge is 2.07. The summed E-state index contributed by atoms with van der Waals surface area (Å²) < 4.78 is 15.7. The number of hydrogen-bond acceptors (Lipinski definition) is 1. The van der Waals surface area contributed by atoms with Gasteiger partial charge in [0.2, 0.25) is 11.0 Å². The fraction of sp³-hybridized carbons (Fsp3) is 0.125. The Morgan fingerprint density at radius 2 is 2.27 bits per heavy atom. The number of hydrogen-bond donors (Lipinski definition) is 0. The summed E-state index contributed by atoms with van der Waals surface area (Å²) in [5.41, 5.74) is 2.92. The van der Waals surface area contributed by atoms with Crippen LogP contribution in [-0.2, 0) is 7.05 Å². The number of aromatic nitrogens is 1. The molecule has 0 unspecified atom stereocenters. The molecule has 0 aliphatic rings. The fourth-order valence-corrected chi connectivity index (χ4v) is 1.91. The van der Waals surface area contributed by atoms with Crippen molar-refractivity contribution >= 4 is 21.6 Å². The lowest BCUT2D eigenvalue weighted by Gasteiger charge is -1.85. The van der Waals surface area contributed by atoms with Crippen LogP contribution in [0.2, 0.25) is 0 Å². The van der Waals surface area contributed by atoms with Crippen molar-refractivity contribution in [1.29, 1.82) is 0 Å². The molecule has 1 nitrogen and oxygen atoms in total. The molecule has 0 N–H and O–H groups in total. The van der Waals surface area contributed by atoms with Crippen molar-refractivity contribution in [3.63, 3.8) is 0 Å². The van der Waals surface area contributed by atoms with Crippen molar-refractivity contribution < 1.29 is 8.96 Å². The second-order valence-electron chi connectivity index (χ2n) is 2.45. The van der Waals surface area contributed by atoms with Crippen molar-refractivity contribution in [2.24, 2.45) is 7.05 Å². The first-order valence-electron chi connectivity index (χ1n) is 3.30. The predicted molar refractivity (Wildman–Crippen MR) is 43.0 cm³/mol. The summed E-state index contributed by atoms with van der Waals surface area (Å²) in [6.45, 7) is 0. The Hall–Kier alpha value is -0.960. The number of halogens is 1. The van der Waals surface area contributed by atoms with Crippen LogP contribution in [0.1, 0.15) is 0 Å². The summed E-state index contributed by atoms with van der Waals surface area (Å²) in [5, 5.41) is 0. The Morgan fingerprint density at radius 1 is 1.45 bits per heavy atom. The zero-order valence-corrected chi connectivity index (χ0v) is 6.86. The van der Waals surface area contributed by atoms with E-state index in [9.17, 15) is 4.39 Å². The molecule has 56 valence electrons. The number of benzene rings is 1. The summed E-state index contributed by atoms with van der Waals surface area (Å²) in [7, 11) is 1.91. The van der Waals surface area contributed by atoms with Crippen molar-refractivity contribution in [2.75, 3.05) is 0 Å². The van der Waals surface area contributed by atoms with Crippen LogP contribution in [0.25, 0.3) is 10.2 Å². The van der Waals surface area contributed by atoms with E-state index in [0.29, 0.717) is 0 Å². The molecular formula is C8H7FNS+. The highest BCUT2D eigenvalue weighted by atomic mass is 32.1. The second-order valence-corrected chi connectivity index (χ2v) is 3.33. The Kier molecular flexibility index (Phi) is 1.39. The third-order valence-electron chi connectivity index (χ3n) is 1.64. The first kappa shape index (κ1) is 6.73. The molecule has 0 spiro atoms. The summed E-state index contributed by atoms with van der Waals surface area (Å²) >= 11 is 1.62. The largest absolute Gasteiger partial charge is 0.226 e. The first-order valence-corrected chi connectivity index (χ1v) is 4.18. The highest BCUT2D eigenvalue weighted by molar-refractivity contribution is 7.16. The van der Waals surface area contributed by atoms with Gasteiger partial charge < -0.3 is 0 Å². The summed E-state index contributed by atoms with van der Waals surface area (Å²) in [5.74, 6) is -0.175. The molecule has 0 atom stereocenters. The van der Waals surface area contributed by atoms with Crippen LogP contribution < -0.4 is 4.57 Å². The third kappa shape index (κ3) is 1.01. The van der Waals surface area contributed by atoms with E-state index in [0.717, 1.165) is 10.2 Å². The maximum Gasteiger partial charge on any atom is 0.226 e. The number of thiazole rings is 1. The van der Waals surface area contributed by atoms with Gasteiger partial charge in [-0.25, -0.2) is 4.39 Å². The molecule has 11 heavy (non-hydrogen) atoms. The van der Waals surface area contributed by atoms with Crippen LogP contribution in [0, 0.1) is 5.82 Å². The van der Waals surface area contributed by atoms with Gasteiger partial charge in [0.1, 0.15) is 17.6 Å². The molecular weight excluding hydrogens is 161 g/mol. The molecule has 0 aliphatic carbocycles. The number of nitrogens with zero attached hydrogens (tertiary/aromatic N) is 1. The molecule has 0 bridgehead atoms. The normalized spacial score (nSPS) is 10.7. The summed E-state index contributed by atoms with van der Waals surface area (Å²) in [6, 6.07) is 4.83. The van der Waals surface area contributed by atoms with Crippen molar-refractivity contribution in [3.05, 3.63) is 29.5 Å². The van der Waals surface area contributed by atoms with E-state index in [-0.39, 0.29) is 5.82 Å². The SMILES string of the molecule is C[n+]1csc2ccc(F)cc21. The monoisotopic (exact) mass is 168 g/mol. The molecule has 3 heteroatoms. The Bertz CT molecular complexity index is 394. The van der Waals surface area contributed by atoms with E-state index in [2.05, 4.69) is 0 Å². The Balaban J connectivity index is 2.87. The number of fused-ring (bicyclic) bond motifs is 1. The smallest absolute Gasteiger partial charge is 0.207 e. The first-order chi connectivity index (χ1) is 5.27. The van der Waals surface area contributed by atoms with Gasteiger partial charge >= 0.3 is 0 Å². The minimum absolute atomic E-state index is 0.175. The van der Waals surface area contributed by atoms with Gasteiger partial charge in [0.25, 0.3) is 0 Å². The molecule has 2 rings (SSSR count). The van der Waals surface area contributed by atoms with Crippen LogP contribution in [0.3, 0.4) is 0 Å². The molecule has 0 amide bonds. The lowest BCUT2D eigenvalue weighted by molar-refractivity contribution is -0.640. The molecule has 0 aliphatic heterocycles. The van der Waals surface area contributed by atoms with E-state index < -0.39 is 0 Å². The van der Waals surface area contributed by atoms with Crippen molar-refractivity contribution in [2.45, 2.75) is 0 Å². The minimum atomic E-state index is -0.175. The van der Waals surface area contributed by atoms with Gasteiger partial charge in [-0.15, -0.1) is 0 Å². The molecule has 1 heterocycles. The van der Waals surface area contributed by atoms with E-state index in [1.165, 1.54) is 6.07 Å². The van der Waals surface area contributed by atoms with Gasteiger partial charge in [-0.1, -0.05) is 11.3 Å². The standard InChI is InChI=1S/C8H7FNS/c1-10-5-11-8-3-2-6(9)4-7(8)10/h2-5H,1H3/q+1. The lowest BCUT2D eigenvalue weighted by atomic mass is 10.3. The van der Waals surface area contributed by atoms with E-state index in [4.69, 9.17) is 0 Å². The van der Waals surface area contributed by atoms with Gasteiger partial charge in [0, 0.05) is 6.07 Å². The molecule has 0 fully saturated rings. The lowest BCUT2D eigenvalue weighted by Crippen LogP contribution is -2.24. The topological polar surface area (TPSA) is 3.88 Å². The zero-order valence-electron chi connectivity index (χ0n) is 6.04. The maximum absolute atomic E-state index is 12.7. The van der Waals surface area contributed by atoms with Gasteiger partial charge in [-0.05, 0) is 12.1 Å². The van der Waals surface area contributed by atoms with Crippen LogP contribution in [0.5, 0.6) is 0 Å². The average Bonchev–Trinajstić information content (AvgIpc) is 2.33. The fourth-order valence-electron chi connectivity index (χ4n) is 1.06. The Morgan fingerprint density at radius 3 is 3.09 bits per heavy atom. The van der Waals surface area contributed by atoms with E-state index >= 15 is 0 Å². The molecule has 1 aromatic carbocycles. The van der Waals surface area contributed by atoms with Crippen molar-refractivity contribution in [3.8, 4) is 0 Å². The van der Waals surface area contributed by atoms with E-state index in [1.54, 1.807) is 23.5 Å². The number of aryl methyl sites for hydroxylation is 1. The quantitative estimate of drug-likeness (QED) is 0.529. The minimum Gasteiger partial charge on any atom is -0.207 e. The predicted octanol–water partition coefficient (Wildman–Crippen LogP) is 1.86. The zero-order chi connectivity index (χ0) is 7.84. The molecule has 0 saturated heterocycles. The van der Waals surface area contributed by atoms with Gasteiger partial charge in [-0.3, -0.25) is 0 Å². The summed E-state index contributed by atoms with van der Waals surface area (Å²) in [4.78, 5) is 0. The van der Waals surface area contributed by atoms with Crippen molar-refractivity contribution in [1.82, 2.24) is 0 Å².